The van der Waals surface area contributed by atoms with Gasteiger partial charge < -0.3 is 5.73 Å². The highest BCUT2D eigenvalue weighted by Gasteiger charge is 2.18. The van der Waals surface area contributed by atoms with Crippen LogP contribution in [0, 0.1) is 6.92 Å². The van der Waals surface area contributed by atoms with Crippen LogP contribution in [0.15, 0.2) is 45.8 Å². The van der Waals surface area contributed by atoms with Gasteiger partial charge in [0, 0.05) is 9.50 Å². The third-order valence-corrected chi connectivity index (χ3v) is 4.96. The van der Waals surface area contributed by atoms with E-state index in [0.717, 1.165) is 5.56 Å². The predicted molar refractivity (Wildman–Crippen MR) is 85.6 cm³/mol. The van der Waals surface area contributed by atoms with Crippen LogP contribution in [-0.4, -0.2) is 8.42 Å². The fourth-order valence-corrected chi connectivity index (χ4v) is 3.79. The molecule has 0 spiro atoms. The van der Waals surface area contributed by atoms with Crippen molar-refractivity contribution in [2.45, 2.75) is 11.8 Å². The van der Waals surface area contributed by atoms with E-state index in [0.29, 0.717) is 15.2 Å². The second-order valence-corrected chi connectivity index (χ2v) is 7.21. The van der Waals surface area contributed by atoms with Gasteiger partial charge in [0.05, 0.1) is 11.4 Å². The Bertz CT molecular complexity index is 763. The highest BCUT2D eigenvalue weighted by atomic mass is 79.9. The molecule has 3 N–H and O–H groups in total. The van der Waals surface area contributed by atoms with E-state index in [1.807, 2.05) is 6.92 Å². The molecule has 2 aromatic carbocycles. The van der Waals surface area contributed by atoms with Crippen molar-refractivity contribution in [3.63, 3.8) is 0 Å². The standard InChI is InChI=1S/C13H12BrClN2O2S/c1-8-2-5-13(11(16)6-8)20(18,19)17-12-4-3-9(15)7-10(12)14/h2-7,17H,16H2,1H3. The fourth-order valence-electron chi connectivity index (χ4n) is 1.68. The van der Waals surface area contributed by atoms with Crippen molar-refractivity contribution in [2.24, 2.45) is 0 Å². The molecule has 0 saturated heterocycles. The molecule has 0 fully saturated rings. The van der Waals surface area contributed by atoms with Gasteiger partial charge in [-0.1, -0.05) is 17.7 Å². The van der Waals surface area contributed by atoms with E-state index in [2.05, 4.69) is 20.7 Å². The maximum absolute atomic E-state index is 12.3. The van der Waals surface area contributed by atoms with Crippen molar-refractivity contribution in [3.8, 4) is 0 Å². The summed E-state index contributed by atoms with van der Waals surface area (Å²) in [5.41, 5.74) is 7.28. The molecule has 0 heterocycles. The van der Waals surface area contributed by atoms with Gasteiger partial charge in [-0.25, -0.2) is 8.42 Å². The van der Waals surface area contributed by atoms with Crippen molar-refractivity contribution in [2.75, 3.05) is 10.5 Å². The second-order valence-electron chi connectivity index (χ2n) is 4.27. The Morgan fingerprint density at radius 1 is 1.20 bits per heavy atom. The Morgan fingerprint density at radius 3 is 2.50 bits per heavy atom. The smallest absolute Gasteiger partial charge is 0.263 e. The number of hydrogen-bond donors (Lipinski definition) is 2. The number of rotatable bonds is 3. The van der Waals surface area contributed by atoms with Gasteiger partial charge in [0.1, 0.15) is 4.90 Å². The van der Waals surface area contributed by atoms with Gasteiger partial charge in [-0.2, -0.15) is 0 Å². The highest BCUT2D eigenvalue weighted by Crippen LogP contribution is 2.29. The Labute approximate surface area is 131 Å². The second kappa shape index (κ2) is 5.63. The normalized spacial score (nSPS) is 11.3. The van der Waals surface area contributed by atoms with E-state index in [1.54, 1.807) is 30.3 Å². The van der Waals surface area contributed by atoms with E-state index in [-0.39, 0.29) is 10.6 Å². The van der Waals surface area contributed by atoms with Gasteiger partial charge >= 0.3 is 0 Å². The van der Waals surface area contributed by atoms with Crippen LogP contribution in [-0.2, 0) is 10.0 Å². The SMILES string of the molecule is Cc1ccc(S(=O)(=O)Nc2ccc(Cl)cc2Br)c(N)c1. The lowest BCUT2D eigenvalue weighted by Gasteiger charge is -2.12. The zero-order valence-electron chi connectivity index (χ0n) is 10.5. The lowest BCUT2D eigenvalue weighted by molar-refractivity contribution is 0.601. The molecule has 0 bridgehead atoms. The number of anilines is 2. The molecule has 7 heteroatoms. The Kier molecular flexibility index (Phi) is 4.27. The predicted octanol–water partition coefficient (Wildman–Crippen LogP) is 3.79. The average molecular weight is 376 g/mol. The van der Waals surface area contributed by atoms with E-state index in [9.17, 15) is 8.42 Å². The average Bonchev–Trinajstić information content (AvgIpc) is 2.32. The molecule has 20 heavy (non-hydrogen) atoms. The van der Waals surface area contributed by atoms with Gasteiger partial charge in [0.15, 0.2) is 0 Å². The molecule has 0 aliphatic rings. The molecule has 0 saturated carbocycles. The van der Waals surface area contributed by atoms with Crippen LogP contribution in [0.4, 0.5) is 11.4 Å². The number of nitrogens with one attached hydrogen (secondary N) is 1. The summed E-state index contributed by atoms with van der Waals surface area (Å²) in [6.45, 7) is 1.84. The monoisotopic (exact) mass is 374 g/mol. The molecule has 0 aromatic heterocycles. The summed E-state index contributed by atoms with van der Waals surface area (Å²) in [7, 11) is -3.74. The van der Waals surface area contributed by atoms with Gasteiger partial charge in [-0.15, -0.1) is 0 Å². The van der Waals surface area contributed by atoms with E-state index < -0.39 is 10.0 Å². The maximum Gasteiger partial charge on any atom is 0.263 e. The van der Waals surface area contributed by atoms with Crippen molar-refractivity contribution >= 4 is 48.9 Å². The molecule has 2 rings (SSSR count). The minimum absolute atomic E-state index is 0.0463. The topological polar surface area (TPSA) is 72.2 Å². The van der Waals surface area contributed by atoms with E-state index >= 15 is 0 Å². The van der Waals surface area contributed by atoms with Gasteiger partial charge in [-0.05, 0) is 58.7 Å². The quantitative estimate of drug-likeness (QED) is 0.802. The summed E-state index contributed by atoms with van der Waals surface area (Å²) in [5.74, 6) is 0. The lowest BCUT2D eigenvalue weighted by atomic mass is 10.2. The number of aryl methyl sites for hydroxylation is 1. The van der Waals surface area contributed by atoms with E-state index in [4.69, 9.17) is 17.3 Å². The van der Waals surface area contributed by atoms with Crippen LogP contribution < -0.4 is 10.5 Å². The highest BCUT2D eigenvalue weighted by molar-refractivity contribution is 9.10. The molecule has 0 unspecified atom stereocenters. The molecule has 0 amide bonds. The first kappa shape index (κ1) is 15.2. The Balaban J connectivity index is 2.41. The molecule has 0 aliphatic heterocycles. The van der Waals surface area contributed by atoms with Crippen LogP contribution in [0.2, 0.25) is 5.02 Å². The van der Waals surface area contributed by atoms with Gasteiger partial charge in [0.25, 0.3) is 10.0 Å². The molecule has 106 valence electrons. The summed E-state index contributed by atoms with van der Waals surface area (Å²) in [6, 6.07) is 9.58. The first-order valence-corrected chi connectivity index (χ1v) is 8.29. The van der Waals surface area contributed by atoms with Gasteiger partial charge in [0.2, 0.25) is 0 Å². The molecule has 0 aliphatic carbocycles. The molecule has 4 nitrogen and oxygen atoms in total. The third kappa shape index (κ3) is 3.26. The third-order valence-electron chi connectivity index (χ3n) is 2.63. The first-order valence-electron chi connectivity index (χ1n) is 5.63. The van der Waals surface area contributed by atoms with Crippen molar-refractivity contribution in [1.82, 2.24) is 0 Å². The summed E-state index contributed by atoms with van der Waals surface area (Å²) in [5, 5.41) is 0.509. The summed E-state index contributed by atoms with van der Waals surface area (Å²) in [4.78, 5) is 0.0463. The number of nitrogens with two attached hydrogens (primary N) is 1. The Morgan fingerprint density at radius 2 is 1.90 bits per heavy atom. The number of nitrogen functional groups attached to an aromatic ring is 1. The minimum Gasteiger partial charge on any atom is -0.398 e. The fraction of sp³-hybridized carbons (Fsp3) is 0.0769. The number of hydrogen-bond acceptors (Lipinski definition) is 3. The molecule has 2 aromatic rings. The minimum atomic E-state index is -3.74. The zero-order chi connectivity index (χ0) is 14.9. The molecular formula is C13H12BrClN2O2S. The first-order chi connectivity index (χ1) is 9.29. The molecule has 0 atom stereocenters. The largest absolute Gasteiger partial charge is 0.398 e. The number of sulfonamides is 1. The molecule has 0 radical (unpaired) electrons. The zero-order valence-corrected chi connectivity index (χ0v) is 13.7. The molecular weight excluding hydrogens is 364 g/mol. The van der Waals surface area contributed by atoms with Gasteiger partial charge in [-0.3, -0.25) is 4.72 Å². The number of halogens is 2. The van der Waals surface area contributed by atoms with Crippen LogP contribution in [0.3, 0.4) is 0 Å². The lowest BCUT2D eigenvalue weighted by Crippen LogP contribution is -2.15. The van der Waals surface area contributed by atoms with Crippen LogP contribution >= 0.6 is 27.5 Å². The summed E-state index contributed by atoms with van der Waals surface area (Å²) in [6.07, 6.45) is 0. The number of benzene rings is 2. The summed E-state index contributed by atoms with van der Waals surface area (Å²) < 4.78 is 27.7. The van der Waals surface area contributed by atoms with Crippen molar-refractivity contribution in [3.05, 3.63) is 51.5 Å². The van der Waals surface area contributed by atoms with Crippen LogP contribution in [0.5, 0.6) is 0 Å². The Hall–Kier alpha value is -1.24. The summed E-state index contributed by atoms with van der Waals surface area (Å²) >= 11 is 9.08. The van der Waals surface area contributed by atoms with Crippen LogP contribution in [0.1, 0.15) is 5.56 Å². The van der Waals surface area contributed by atoms with Crippen molar-refractivity contribution in [1.29, 1.82) is 0 Å². The van der Waals surface area contributed by atoms with Crippen LogP contribution in [0.25, 0.3) is 0 Å². The van der Waals surface area contributed by atoms with E-state index in [1.165, 1.54) is 6.07 Å². The maximum atomic E-state index is 12.3. The van der Waals surface area contributed by atoms with Crippen molar-refractivity contribution < 1.29 is 8.42 Å².